The highest BCUT2D eigenvalue weighted by Crippen LogP contribution is 2.37. The molecule has 0 radical (unpaired) electrons. The van der Waals surface area contributed by atoms with Crippen LogP contribution in [0.2, 0.25) is 0 Å². The molecule has 0 heterocycles. The minimum absolute atomic E-state index is 0.0115. The van der Waals surface area contributed by atoms with E-state index in [-0.39, 0.29) is 12.1 Å². The van der Waals surface area contributed by atoms with E-state index < -0.39 is 0 Å². The van der Waals surface area contributed by atoms with Crippen LogP contribution < -0.4 is 10.1 Å². The molecular weight excluding hydrogens is 342 g/mol. The van der Waals surface area contributed by atoms with E-state index in [1.807, 2.05) is 0 Å². The molecule has 0 spiro atoms. The van der Waals surface area contributed by atoms with Gasteiger partial charge in [-0.15, -0.1) is 0 Å². The second-order valence-corrected chi connectivity index (χ2v) is 7.05. The number of hydrogen-bond acceptors (Lipinski definition) is 2. The van der Waals surface area contributed by atoms with E-state index in [4.69, 9.17) is 4.74 Å². The second kappa shape index (κ2) is 8.28. The van der Waals surface area contributed by atoms with Crippen LogP contribution in [0.3, 0.4) is 0 Å². The summed E-state index contributed by atoms with van der Waals surface area (Å²) in [5.74, 6) is 0.903. The molecule has 0 aliphatic rings. The number of fused-ring (bicyclic) bond motifs is 1. The first-order valence-electron chi connectivity index (χ1n) is 9.69. The van der Waals surface area contributed by atoms with Crippen LogP contribution in [0.1, 0.15) is 35.7 Å². The van der Waals surface area contributed by atoms with Crippen molar-refractivity contribution in [2.45, 2.75) is 19.0 Å². The minimum atomic E-state index is 0.0115. The zero-order chi connectivity index (χ0) is 19.3. The van der Waals surface area contributed by atoms with Crippen molar-refractivity contribution in [3.63, 3.8) is 0 Å². The predicted molar refractivity (Wildman–Crippen MR) is 117 cm³/mol. The van der Waals surface area contributed by atoms with Gasteiger partial charge in [-0.25, -0.2) is 0 Å². The van der Waals surface area contributed by atoms with Crippen LogP contribution in [0.15, 0.2) is 97.1 Å². The molecule has 140 valence electrons. The Labute approximate surface area is 166 Å². The summed E-state index contributed by atoms with van der Waals surface area (Å²) in [4.78, 5) is 0. The van der Waals surface area contributed by atoms with Crippen molar-refractivity contribution in [3.8, 4) is 5.75 Å². The summed E-state index contributed by atoms with van der Waals surface area (Å²) in [6.07, 6.45) is 0. The maximum absolute atomic E-state index is 5.80. The van der Waals surface area contributed by atoms with E-state index in [1.165, 1.54) is 27.5 Å². The third-order valence-corrected chi connectivity index (χ3v) is 5.29. The smallest absolute Gasteiger partial charge is 0.124 e. The molecule has 2 atom stereocenters. The van der Waals surface area contributed by atoms with E-state index in [0.717, 1.165) is 5.75 Å². The van der Waals surface area contributed by atoms with Gasteiger partial charge in [-0.05, 0) is 34.9 Å². The number of ether oxygens (including phenoxy) is 1. The molecule has 0 aliphatic heterocycles. The summed E-state index contributed by atoms with van der Waals surface area (Å²) in [5.41, 5.74) is 3.66. The highest BCUT2D eigenvalue weighted by atomic mass is 16.5. The van der Waals surface area contributed by atoms with Gasteiger partial charge in [0, 0.05) is 11.6 Å². The predicted octanol–water partition coefficient (Wildman–Crippen LogP) is 6.29. The lowest BCUT2D eigenvalue weighted by molar-refractivity contribution is 0.401. The Hall–Kier alpha value is -3.10. The number of hydrogen-bond donors (Lipinski definition) is 1. The number of methoxy groups -OCH3 is 1. The molecule has 2 nitrogen and oxygen atoms in total. The maximum atomic E-state index is 5.80. The molecule has 1 N–H and O–H groups in total. The molecule has 28 heavy (non-hydrogen) atoms. The molecule has 2 heteroatoms. The van der Waals surface area contributed by atoms with Crippen molar-refractivity contribution >= 4 is 10.8 Å². The van der Waals surface area contributed by atoms with Crippen LogP contribution in [-0.4, -0.2) is 7.11 Å². The lowest BCUT2D eigenvalue weighted by atomic mass is 9.91. The van der Waals surface area contributed by atoms with E-state index in [9.17, 15) is 0 Å². The largest absolute Gasteiger partial charge is 0.496 e. The highest BCUT2D eigenvalue weighted by molar-refractivity contribution is 5.88. The summed E-state index contributed by atoms with van der Waals surface area (Å²) in [6.45, 7) is 2.21. The number of nitrogens with one attached hydrogen (secondary N) is 1. The molecule has 0 saturated heterocycles. The Morgan fingerprint density at radius 2 is 1.29 bits per heavy atom. The summed E-state index contributed by atoms with van der Waals surface area (Å²) >= 11 is 0. The summed E-state index contributed by atoms with van der Waals surface area (Å²) < 4.78 is 5.80. The van der Waals surface area contributed by atoms with E-state index in [0.29, 0.717) is 0 Å². The zero-order valence-corrected chi connectivity index (χ0v) is 16.3. The Morgan fingerprint density at radius 3 is 1.96 bits per heavy atom. The molecular formula is C26H25NO. The van der Waals surface area contributed by atoms with Gasteiger partial charge in [0.15, 0.2) is 0 Å². The van der Waals surface area contributed by atoms with Crippen LogP contribution in [0.5, 0.6) is 5.75 Å². The first kappa shape index (κ1) is 18.3. The third-order valence-electron chi connectivity index (χ3n) is 5.29. The van der Waals surface area contributed by atoms with Crippen molar-refractivity contribution in [2.75, 3.05) is 7.11 Å². The van der Waals surface area contributed by atoms with E-state index in [2.05, 4.69) is 109 Å². The zero-order valence-electron chi connectivity index (χ0n) is 16.3. The average Bonchev–Trinajstić information content (AvgIpc) is 2.78. The lowest BCUT2D eigenvalue weighted by Crippen LogP contribution is -2.26. The Kier molecular flexibility index (Phi) is 5.41. The quantitative estimate of drug-likeness (QED) is 0.432. The summed E-state index contributed by atoms with van der Waals surface area (Å²) in [5, 5.41) is 6.28. The van der Waals surface area contributed by atoms with Gasteiger partial charge in [0.05, 0.1) is 13.2 Å². The molecule has 4 aromatic rings. The molecule has 4 rings (SSSR count). The second-order valence-electron chi connectivity index (χ2n) is 7.05. The first-order chi connectivity index (χ1) is 13.8. The standard InChI is InChI=1S/C26H25NO/c1-19(20-11-5-3-6-12-20)27-26(22-14-7-4-8-15-22)25-23-16-10-9-13-21(23)17-18-24(25)28-2/h3-19,26-27H,1-2H3/t19-,26-/m0/s1. The minimum Gasteiger partial charge on any atom is -0.496 e. The number of benzene rings is 4. The Balaban J connectivity index is 1.86. The first-order valence-corrected chi connectivity index (χ1v) is 9.69. The fraction of sp³-hybridized carbons (Fsp3) is 0.154. The topological polar surface area (TPSA) is 21.3 Å². The van der Waals surface area contributed by atoms with Gasteiger partial charge >= 0.3 is 0 Å². The Bertz CT molecular complexity index is 1040. The molecule has 0 unspecified atom stereocenters. The SMILES string of the molecule is COc1ccc2ccccc2c1[C@@H](N[C@@H](C)c1ccccc1)c1ccccc1. The molecule has 0 amide bonds. The molecule has 0 saturated carbocycles. The van der Waals surface area contributed by atoms with Gasteiger partial charge in [-0.2, -0.15) is 0 Å². The summed E-state index contributed by atoms with van der Waals surface area (Å²) in [7, 11) is 1.75. The van der Waals surface area contributed by atoms with Gasteiger partial charge in [0.25, 0.3) is 0 Å². The van der Waals surface area contributed by atoms with Crippen LogP contribution >= 0.6 is 0 Å². The van der Waals surface area contributed by atoms with E-state index >= 15 is 0 Å². The fourth-order valence-electron chi connectivity index (χ4n) is 3.83. The summed E-state index contributed by atoms with van der Waals surface area (Å²) in [6, 6.07) is 34.1. The monoisotopic (exact) mass is 367 g/mol. The van der Waals surface area contributed by atoms with Crippen LogP contribution in [-0.2, 0) is 0 Å². The average molecular weight is 367 g/mol. The van der Waals surface area contributed by atoms with Gasteiger partial charge in [0.2, 0.25) is 0 Å². The Morgan fingerprint density at radius 1 is 0.679 bits per heavy atom. The molecule has 0 bridgehead atoms. The molecule has 0 aromatic heterocycles. The van der Waals surface area contributed by atoms with Crippen LogP contribution in [0.4, 0.5) is 0 Å². The van der Waals surface area contributed by atoms with Gasteiger partial charge in [-0.1, -0.05) is 91.0 Å². The lowest BCUT2D eigenvalue weighted by Gasteiger charge is -2.27. The molecule has 0 fully saturated rings. The van der Waals surface area contributed by atoms with Crippen LogP contribution in [0.25, 0.3) is 10.8 Å². The van der Waals surface area contributed by atoms with Crippen molar-refractivity contribution in [2.24, 2.45) is 0 Å². The number of rotatable bonds is 6. The van der Waals surface area contributed by atoms with Crippen molar-refractivity contribution in [3.05, 3.63) is 114 Å². The van der Waals surface area contributed by atoms with Crippen molar-refractivity contribution < 1.29 is 4.74 Å². The van der Waals surface area contributed by atoms with Gasteiger partial charge in [0.1, 0.15) is 5.75 Å². The normalized spacial score (nSPS) is 13.2. The van der Waals surface area contributed by atoms with Gasteiger partial charge < -0.3 is 4.74 Å². The molecule has 4 aromatic carbocycles. The fourth-order valence-corrected chi connectivity index (χ4v) is 3.83. The van der Waals surface area contributed by atoms with Crippen LogP contribution in [0, 0.1) is 0 Å². The molecule has 0 aliphatic carbocycles. The van der Waals surface area contributed by atoms with E-state index in [1.54, 1.807) is 7.11 Å². The van der Waals surface area contributed by atoms with Crippen molar-refractivity contribution in [1.82, 2.24) is 5.32 Å². The maximum Gasteiger partial charge on any atom is 0.124 e. The van der Waals surface area contributed by atoms with Crippen molar-refractivity contribution in [1.29, 1.82) is 0 Å². The third kappa shape index (κ3) is 3.64. The highest BCUT2D eigenvalue weighted by Gasteiger charge is 2.23. The van der Waals surface area contributed by atoms with Gasteiger partial charge in [-0.3, -0.25) is 5.32 Å².